The Kier molecular flexibility index (Phi) is 3.93. The summed E-state index contributed by atoms with van der Waals surface area (Å²) in [4.78, 5) is 4.31. The van der Waals surface area contributed by atoms with Crippen molar-refractivity contribution in [1.29, 1.82) is 0 Å². The van der Waals surface area contributed by atoms with Crippen LogP contribution < -0.4 is 5.32 Å². The van der Waals surface area contributed by atoms with Gasteiger partial charge < -0.3 is 9.88 Å². The van der Waals surface area contributed by atoms with E-state index in [2.05, 4.69) is 51.3 Å². The predicted molar refractivity (Wildman–Crippen MR) is 80.1 cm³/mol. The van der Waals surface area contributed by atoms with Crippen molar-refractivity contribution < 1.29 is 0 Å². The molecule has 0 aliphatic heterocycles. The fourth-order valence-corrected chi connectivity index (χ4v) is 2.54. The molecule has 5 heteroatoms. The lowest BCUT2D eigenvalue weighted by atomic mass is 10.3. The third-order valence-corrected chi connectivity index (χ3v) is 3.53. The molecule has 0 radical (unpaired) electrons. The molecule has 0 amide bonds. The smallest absolute Gasteiger partial charge is 0.207 e. The van der Waals surface area contributed by atoms with Crippen LogP contribution in [0.2, 0.25) is 5.02 Å². The van der Waals surface area contributed by atoms with E-state index < -0.39 is 0 Å². The van der Waals surface area contributed by atoms with Crippen LogP contribution >= 0.6 is 34.2 Å². The highest BCUT2D eigenvalue weighted by Gasteiger charge is 2.07. The van der Waals surface area contributed by atoms with E-state index in [-0.39, 0.29) is 0 Å². The number of aromatic nitrogens is 2. The number of hydrogen-bond acceptors (Lipinski definition) is 2. The topological polar surface area (TPSA) is 29.9 Å². The molecule has 0 aliphatic rings. The lowest BCUT2D eigenvalue weighted by molar-refractivity contribution is 0.608. The summed E-state index contributed by atoms with van der Waals surface area (Å²) in [6, 6.07) is 6.13. The molecule has 0 unspecified atom stereocenters. The van der Waals surface area contributed by atoms with Gasteiger partial charge in [0, 0.05) is 27.0 Å². The zero-order valence-electron chi connectivity index (χ0n) is 9.61. The molecule has 0 saturated heterocycles. The molecule has 0 bridgehead atoms. The molecule has 2 aromatic rings. The first kappa shape index (κ1) is 12.7. The molecule has 17 heavy (non-hydrogen) atoms. The lowest BCUT2D eigenvalue weighted by Crippen LogP contribution is -2.05. The van der Waals surface area contributed by atoms with Gasteiger partial charge in [0.15, 0.2) is 0 Å². The van der Waals surface area contributed by atoms with Gasteiger partial charge in [0.2, 0.25) is 5.95 Å². The summed E-state index contributed by atoms with van der Waals surface area (Å²) in [7, 11) is 0. The SMILES string of the molecule is CC(C)n1ccnc1Nc1ccc(Cl)cc1I. The fourth-order valence-electron chi connectivity index (χ4n) is 1.54. The van der Waals surface area contributed by atoms with E-state index in [4.69, 9.17) is 11.6 Å². The Morgan fingerprint density at radius 3 is 2.82 bits per heavy atom. The highest BCUT2D eigenvalue weighted by atomic mass is 127. The Morgan fingerprint density at radius 1 is 1.41 bits per heavy atom. The first-order valence-electron chi connectivity index (χ1n) is 5.33. The van der Waals surface area contributed by atoms with Crippen molar-refractivity contribution in [2.45, 2.75) is 19.9 Å². The van der Waals surface area contributed by atoms with Crippen LogP contribution in [0.5, 0.6) is 0 Å². The summed E-state index contributed by atoms with van der Waals surface area (Å²) in [5, 5.41) is 4.06. The minimum atomic E-state index is 0.380. The maximum Gasteiger partial charge on any atom is 0.207 e. The van der Waals surface area contributed by atoms with Crippen LogP contribution in [0.3, 0.4) is 0 Å². The molecule has 3 nitrogen and oxygen atoms in total. The Labute approximate surface area is 119 Å². The Balaban J connectivity index is 2.28. The molecule has 1 N–H and O–H groups in total. The maximum atomic E-state index is 5.93. The molecule has 0 saturated carbocycles. The third kappa shape index (κ3) is 2.93. The summed E-state index contributed by atoms with van der Waals surface area (Å²) >= 11 is 8.18. The summed E-state index contributed by atoms with van der Waals surface area (Å²) < 4.78 is 3.17. The molecule has 0 aliphatic carbocycles. The van der Waals surface area contributed by atoms with Crippen LogP contribution in [0.4, 0.5) is 11.6 Å². The number of benzene rings is 1. The molecule has 1 aromatic heterocycles. The van der Waals surface area contributed by atoms with Crippen molar-refractivity contribution >= 4 is 45.8 Å². The minimum Gasteiger partial charge on any atom is -0.325 e. The first-order chi connectivity index (χ1) is 8.08. The summed E-state index contributed by atoms with van der Waals surface area (Å²) in [6.07, 6.45) is 3.76. The van der Waals surface area contributed by atoms with E-state index in [9.17, 15) is 0 Å². The van der Waals surface area contributed by atoms with Gasteiger partial charge in [-0.05, 0) is 54.6 Å². The van der Waals surface area contributed by atoms with Gasteiger partial charge in [-0.25, -0.2) is 4.98 Å². The van der Waals surface area contributed by atoms with Gasteiger partial charge in [0.1, 0.15) is 0 Å². The second kappa shape index (κ2) is 5.27. The highest BCUT2D eigenvalue weighted by molar-refractivity contribution is 14.1. The van der Waals surface area contributed by atoms with Gasteiger partial charge in [-0.1, -0.05) is 11.6 Å². The molecule has 0 spiro atoms. The zero-order chi connectivity index (χ0) is 12.4. The van der Waals surface area contributed by atoms with Gasteiger partial charge in [0.05, 0.1) is 5.69 Å². The number of anilines is 2. The van der Waals surface area contributed by atoms with Crippen molar-refractivity contribution in [3.8, 4) is 0 Å². The number of halogens is 2. The van der Waals surface area contributed by atoms with Crippen molar-refractivity contribution in [2.75, 3.05) is 5.32 Å². The zero-order valence-corrected chi connectivity index (χ0v) is 12.5. The number of hydrogen-bond donors (Lipinski definition) is 1. The van der Waals surface area contributed by atoms with E-state index in [1.807, 2.05) is 24.4 Å². The number of nitrogens with zero attached hydrogens (tertiary/aromatic N) is 2. The minimum absolute atomic E-state index is 0.380. The number of nitrogens with one attached hydrogen (secondary N) is 1. The third-order valence-electron chi connectivity index (χ3n) is 2.40. The van der Waals surface area contributed by atoms with Gasteiger partial charge >= 0.3 is 0 Å². The van der Waals surface area contributed by atoms with Gasteiger partial charge in [0.25, 0.3) is 0 Å². The molecule has 90 valence electrons. The van der Waals surface area contributed by atoms with E-state index in [0.717, 1.165) is 20.2 Å². The summed E-state index contributed by atoms with van der Waals surface area (Å²) in [5.41, 5.74) is 1.02. The Morgan fingerprint density at radius 2 is 2.18 bits per heavy atom. The number of rotatable bonds is 3. The summed E-state index contributed by atoms with van der Waals surface area (Å²) in [5.74, 6) is 0.847. The van der Waals surface area contributed by atoms with Crippen LogP contribution in [0, 0.1) is 3.57 Å². The Hall–Kier alpha value is -0.750. The van der Waals surface area contributed by atoms with Crippen molar-refractivity contribution in [2.24, 2.45) is 0 Å². The van der Waals surface area contributed by atoms with E-state index in [1.54, 1.807) is 6.20 Å². The fraction of sp³-hybridized carbons (Fsp3) is 0.250. The van der Waals surface area contributed by atoms with Crippen LogP contribution in [0.15, 0.2) is 30.6 Å². The van der Waals surface area contributed by atoms with Crippen LogP contribution in [0.25, 0.3) is 0 Å². The molecule has 1 aromatic carbocycles. The normalized spacial score (nSPS) is 10.9. The molecular formula is C12H13ClIN3. The monoisotopic (exact) mass is 361 g/mol. The van der Waals surface area contributed by atoms with E-state index in [0.29, 0.717) is 6.04 Å². The standard InChI is InChI=1S/C12H13ClIN3/c1-8(2)17-6-5-15-12(17)16-11-4-3-9(13)7-10(11)14/h3-8H,1-2H3,(H,15,16). The average molecular weight is 362 g/mol. The van der Waals surface area contributed by atoms with Crippen LogP contribution in [-0.2, 0) is 0 Å². The molecule has 1 heterocycles. The average Bonchev–Trinajstić information content (AvgIpc) is 2.70. The van der Waals surface area contributed by atoms with Gasteiger partial charge in [-0.2, -0.15) is 0 Å². The first-order valence-corrected chi connectivity index (χ1v) is 6.78. The molecule has 2 rings (SSSR count). The Bertz CT molecular complexity index is 522. The largest absolute Gasteiger partial charge is 0.325 e. The predicted octanol–water partition coefficient (Wildman–Crippen LogP) is 4.47. The van der Waals surface area contributed by atoms with Crippen molar-refractivity contribution in [3.63, 3.8) is 0 Å². The second-order valence-corrected chi connectivity index (χ2v) is 5.60. The van der Waals surface area contributed by atoms with E-state index in [1.165, 1.54) is 0 Å². The second-order valence-electron chi connectivity index (χ2n) is 4.00. The van der Waals surface area contributed by atoms with Crippen molar-refractivity contribution in [1.82, 2.24) is 9.55 Å². The van der Waals surface area contributed by atoms with Gasteiger partial charge in [-0.15, -0.1) is 0 Å². The maximum absolute atomic E-state index is 5.93. The van der Waals surface area contributed by atoms with Gasteiger partial charge in [-0.3, -0.25) is 0 Å². The van der Waals surface area contributed by atoms with Crippen LogP contribution in [0.1, 0.15) is 19.9 Å². The van der Waals surface area contributed by atoms with Crippen molar-refractivity contribution in [3.05, 3.63) is 39.2 Å². The highest BCUT2D eigenvalue weighted by Crippen LogP contribution is 2.25. The quantitative estimate of drug-likeness (QED) is 0.818. The lowest BCUT2D eigenvalue weighted by Gasteiger charge is -2.13. The molecular weight excluding hydrogens is 349 g/mol. The van der Waals surface area contributed by atoms with E-state index >= 15 is 0 Å². The molecule has 0 fully saturated rings. The number of imidazole rings is 1. The molecule has 0 atom stereocenters. The summed E-state index contributed by atoms with van der Waals surface area (Å²) in [6.45, 7) is 4.25. The van der Waals surface area contributed by atoms with Crippen LogP contribution in [-0.4, -0.2) is 9.55 Å².